The maximum absolute atomic E-state index is 11.4. The normalized spacial score (nSPS) is 14.7. The molecule has 0 aliphatic carbocycles. The van der Waals surface area contributed by atoms with Crippen LogP contribution >= 0.6 is 0 Å². The summed E-state index contributed by atoms with van der Waals surface area (Å²) in [5.41, 5.74) is 3.48. The van der Waals surface area contributed by atoms with Crippen LogP contribution in [0.5, 0.6) is 17.2 Å². The third kappa shape index (κ3) is 5.73. The minimum atomic E-state index is -0.431. The first kappa shape index (κ1) is 21.6. The van der Waals surface area contributed by atoms with Gasteiger partial charge in [-0.2, -0.15) is 5.10 Å². The first-order chi connectivity index (χ1) is 14.5. The molecule has 0 radical (unpaired) electrons. The summed E-state index contributed by atoms with van der Waals surface area (Å²) in [7, 11) is 3.05. The molecule has 3 rings (SSSR count). The fraction of sp³-hybridized carbons (Fsp3) is 0.391. The molecular weight excluding hydrogens is 382 g/mol. The van der Waals surface area contributed by atoms with Gasteiger partial charge in [0.15, 0.2) is 11.5 Å². The number of esters is 1. The van der Waals surface area contributed by atoms with E-state index in [4.69, 9.17) is 14.2 Å². The molecule has 0 unspecified atom stereocenters. The minimum Gasteiger partial charge on any atom is -0.493 e. The Hall–Kier alpha value is -3.06. The molecule has 0 aromatic heterocycles. The average Bonchev–Trinajstić information content (AvgIpc) is 2.75. The first-order valence-corrected chi connectivity index (χ1v) is 10.1. The Kier molecular flexibility index (Phi) is 7.30. The van der Waals surface area contributed by atoms with Gasteiger partial charge in [-0.1, -0.05) is 29.8 Å². The van der Waals surface area contributed by atoms with Crippen LogP contribution in [0.1, 0.15) is 23.6 Å². The number of hydrogen-bond acceptors (Lipinski definition) is 6. The summed E-state index contributed by atoms with van der Waals surface area (Å²) in [5, 5.41) is 6.70. The number of aryl methyl sites for hydroxylation is 1. The number of nitrogens with one attached hydrogen (secondary N) is 1. The lowest BCUT2D eigenvalue weighted by Crippen LogP contribution is -3.13. The molecule has 0 saturated carbocycles. The highest BCUT2D eigenvalue weighted by atomic mass is 16.6. The monoisotopic (exact) mass is 412 g/mol. The lowest BCUT2D eigenvalue weighted by atomic mass is 10.1. The summed E-state index contributed by atoms with van der Waals surface area (Å²) in [6.07, 6.45) is 1.79. The van der Waals surface area contributed by atoms with Crippen molar-refractivity contribution in [2.75, 3.05) is 40.4 Å². The van der Waals surface area contributed by atoms with E-state index in [1.165, 1.54) is 32.3 Å². The van der Waals surface area contributed by atoms with Gasteiger partial charge < -0.3 is 19.1 Å². The molecule has 2 aromatic carbocycles. The molecule has 7 nitrogen and oxygen atoms in total. The van der Waals surface area contributed by atoms with Gasteiger partial charge in [0, 0.05) is 18.1 Å². The number of quaternary nitrogens is 1. The predicted octanol–water partition coefficient (Wildman–Crippen LogP) is 1.67. The first-order valence-electron chi connectivity index (χ1n) is 10.1. The van der Waals surface area contributed by atoms with Crippen molar-refractivity contribution in [1.82, 2.24) is 5.01 Å². The van der Waals surface area contributed by atoms with Crippen LogP contribution in [-0.2, 0) is 11.3 Å². The van der Waals surface area contributed by atoms with Crippen molar-refractivity contribution in [2.24, 2.45) is 5.10 Å². The summed E-state index contributed by atoms with van der Waals surface area (Å²) in [5.74, 6) is 0.703. The molecule has 1 N–H and O–H groups in total. The summed E-state index contributed by atoms with van der Waals surface area (Å²) >= 11 is 0. The van der Waals surface area contributed by atoms with Crippen molar-refractivity contribution in [3.8, 4) is 17.2 Å². The van der Waals surface area contributed by atoms with Crippen molar-refractivity contribution in [3.05, 3.63) is 53.1 Å². The largest absolute Gasteiger partial charge is 0.493 e. The molecule has 0 atom stereocenters. The van der Waals surface area contributed by atoms with Crippen molar-refractivity contribution in [3.63, 3.8) is 0 Å². The molecule has 0 amide bonds. The lowest BCUT2D eigenvalue weighted by molar-refractivity contribution is -0.918. The average molecular weight is 413 g/mol. The molecule has 1 heterocycles. The zero-order valence-electron chi connectivity index (χ0n) is 18.1. The number of hydrazone groups is 1. The Bertz CT molecular complexity index is 863. The molecular formula is C23H30N3O4+. The van der Waals surface area contributed by atoms with Crippen molar-refractivity contribution >= 4 is 12.2 Å². The Morgan fingerprint density at radius 1 is 1.10 bits per heavy atom. The van der Waals surface area contributed by atoms with Crippen LogP contribution in [0.15, 0.2) is 41.5 Å². The standard InChI is InChI=1S/C23H29N3O4/c1-17-5-7-19(8-6-17)16-25-9-11-26(12-10-25)24-15-20-13-21(28-3)23(30-18(2)27)22(14-20)29-4/h5-8,13-15H,9-12,16H2,1-4H3/p+1/b24-15-. The van der Waals surface area contributed by atoms with E-state index in [2.05, 4.69) is 41.3 Å². The fourth-order valence-electron chi connectivity index (χ4n) is 3.47. The second-order valence-electron chi connectivity index (χ2n) is 7.46. The molecule has 1 aliphatic rings. The number of benzene rings is 2. The van der Waals surface area contributed by atoms with Crippen LogP contribution in [0, 0.1) is 6.92 Å². The third-order valence-corrected chi connectivity index (χ3v) is 5.12. The van der Waals surface area contributed by atoms with Gasteiger partial charge in [0.25, 0.3) is 0 Å². The van der Waals surface area contributed by atoms with E-state index in [0.29, 0.717) is 11.5 Å². The lowest BCUT2D eigenvalue weighted by Gasteiger charge is -2.30. The van der Waals surface area contributed by atoms with Gasteiger partial charge in [-0.25, -0.2) is 0 Å². The van der Waals surface area contributed by atoms with Gasteiger partial charge in [0.05, 0.1) is 46.6 Å². The number of hydrogen-bond donors (Lipinski definition) is 1. The van der Waals surface area contributed by atoms with Crippen LogP contribution in [-0.4, -0.2) is 57.6 Å². The van der Waals surface area contributed by atoms with E-state index in [9.17, 15) is 4.79 Å². The van der Waals surface area contributed by atoms with E-state index in [1.807, 2.05) is 0 Å². The molecule has 160 valence electrons. The molecule has 7 heteroatoms. The van der Waals surface area contributed by atoms with E-state index in [0.717, 1.165) is 38.3 Å². The number of ether oxygens (including phenoxy) is 3. The zero-order valence-corrected chi connectivity index (χ0v) is 18.1. The van der Waals surface area contributed by atoms with Crippen LogP contribution in [0.25, 0.3) is 0 Å². The van der Waals surface area contributed by atoms with Crippen LogP contribution in [0.4, 0.5) is 0 Å². The van der Waals surface area contributed by atoms with Gasteiger partial charge in [-0.15, -0.1) is 0 Å². The number of rotatable bonds is 7. The van der Waals surface area contributed by atoms with Crippen molar-refractivity contribution in [1.29, 1.82) is 0 Å². The third-order valence-electron chi connectivity index (χ3n) is 5.12. The number of carbonyl (C=O) groups excluding carboxylic acids is 1. The molecule has 1 fully saturated rings. The Morgan fingerprint density at radius 2 is 1.70 bits per heavy atom. The Balaban J connectivity index is 1.61. The highest BCUT2D eigenvalue weighted by Gasteiger charge is 2.19. The van der Waals surface area contributed by atoms with Crippen LogP contribution < -0.4 is 19.1 Å². The SMILES string of the molecule is COc1cc(/C=N\N2CC[NH+](Cc3ccc(C)cc3)CC2)cc(OC)c1OC(C)=O. The van der Waals surface area contributed by atoms with E-state index in [-0.39, 0.29) is 5.75 Å². The molecule has 2 aromatic rings. The second kappa shape index (κ2) is 10.1. The van der Waals surface area contributed by atoms with E-state index < -0.39 is 5.97 Å². The number of piperazine rings is 1. The summed E-state index contributed by atoms with van der Waals surface area (Å²) in [4.78, 5) is 12.9. The molecule has 30 heavy (non-hydrogen) atoms. The maximum atomic E-state index is 11.4. The Labute approximate surface area is 177 Å². The maximum Gasteiger partial charge on any atom is 0.308 e. The van der Waals surface area contributed by atoms with Gasteiger partial charge in [-0.3, -0.25) is 9.80 Å². The van der Waals surface area contributed by atoms with Crippen LogP contribution in [0.3, 0.4) is 0 Å². The van der Waals surface area contributed by atoms with E-state index >= 15 is 0 Å². The smallest absolute Gasteiger partial charge is 0.308 e. The Morgan fingerprint density at radius 3 is 2.23 bits per heavy atom. The van der Waals surface area contributed by atoms with Gasteiger partial charge >= 0.3 is 5.97 Å². The van der Waals surface area contributed by atoms with E-state index in [1.54, 1.807) is 23.2 Å². The second-order valence-corrected chi connectivity index (χ2v) is 7.46. The van der Waals surface area contributed by atoms with Gasteiger partial charge in [-0.05, 0) is 19.1 Å². The zero-order chi connectivity index (χ0) is 21.5. The number of methoxy groups -OCH3 is 2. The number of nitrogens with zero attached hydrogens (tertiary/aromatic N) is 2. The molecule has 0 spiro atoms. The topological polar surface area (TPSA) is 64.8 Å². The summed E-state index contributed by atoms with van der Waals surface area (Å²) < 4.78 is 16.0. The van der Waals surface area contributed by atoms with Gasteiger partial charge in [0.2, 0.25) is 5.75 Å². The summed E-state index contributed by atoms with van der Waals surface area (Å²) in [6, 6.07) is 12.3. The van der Waals surface area contributed by atoms with Gasteiger partial charge in [0.1, 0.15) is 6.54 Å². The summed E-state index contributed by atoms with van der Waals surface area (Å²) in [6.45, 7) is 8.39. The highest BCUT2D eigenvalue weighted by molar-refractivity contribution is 5.83. The number of carbonyl (C=O) groups is 1. The fourth-order valence-corrected chi connectivity index (χ4v) is 3.47. The molecule has 0 bridgehead atoms. The van der Waals surface area contributed by atoms with Crippen LogP contribution in [0.2, 0.25) is 0 Å². The quantitative estimate of drug-likeness (QED) is 0.426. The molecule has 1 saturated heterocycles. The predicted molar refractivity (Wildman–Crippen MR) is 116 cm³/mol. The minimum absolute atomic E-state index is 0.276. The molecule has 1 aliphatic heterocycles. The van der Waals surface area contributed by atoms with Crippen molar-refractivity contribution < 1.29 is 23.9 Å². The van der Waals surface area contributed by atoms with Crippen molar-refractivity contribution in [2.45, 2.75) is 20.4 Å². The highest BCUT2D eigenvalue weighted by Crippen LogP contribution is 2.38.